The number of piperidine rings is 1. The molecule has 0 spiro atoms. The number of nitrogens with one attached hydrogen (secondary N) is 1. The van der Waals surface area contributed by atoms with E-state index in [9.17, 15) is 14.5 Å². The van der Waals surface area contributed by atoms with Gasteiger partial charge >= 0.3 is 5.69 Å². The minimum Gasteiger partial charge on any atom is -0.486 e. The van der Waals surface area contributed by atoms with Gasteiger partial charge in [0.2, 0.25) is 0 Å². The average molecular weight is 333 g/mol. The maximum Gasteiger partial charge on any atom is 0.313 e. The number of hydrogen-bond acceptors (Lipinski definition) is 4. The molecule has 104 valence electrons. The topological polar surface area (TPSA) is 64.4 Å². The minimum absolute atomic E-state index is 0.101. The summed E-state index contributed by atoms with van der Waals surface area (Å²) in [4.78, 5) is 10.2. The summed E-state index contributed by atoms with van der Waals surface area (Å²) >= 11 is 3.01. The van der Waals surface area contributed by atoms with Gasteiger partial charge < -0.3 is 10.1 Å². The number of nitro benzene ring substituents is 1. The number of ether oxygens (including phenoxy) is 1. The first-order valence-electron chi connectivity index (χ1n) is 6.05. The lowest BCUT2D eigenvalue weighted by Crippen LogP contribution is -2.33. The summed E-state index contributed by atoms with van der Waals surface area (Å²) in [5.41, 5.74) is -0.343. The van der Waals surface area contributed by atoms with E-state index in [0.29, 0.717) is 12.5 Å². The van der Waals surface area contributed by atoms with Crippen molar-refractivity contribution in [1.82, 2.24) is 5.32 Å². The first-order chi connectivity index (χ1) is 9.08. The van der Waals surface area contributed by atoms with E-state index in [-0.39, 0.29) is 15.9 Å². The van der Waals surface area contributed by atoms with E-state index in [2.05, 4.69) is 21.2 Å². The monoisotopic (exact) mass is 332 g/mol. The van der Waals surface area contributed by atoms with Crippen molar-refractivity contribution < 1.29 is 14.1 Å². The molecule has 0 aliphatic carbocycles. The Balaban J connectivity index is 2.09. The molecule has 1 aliphatic rings. The van der Waals surface area contributed by atoms with Crippen LogP contribution in [0.15, 0.2) is 16.6 Å². The minimum atomic E-state index is -0.668. The second-order valence-corrected chi connectivity index (χ2v) is 5.37. The van der Waals surface area contributed by atoms with Gasteiger partial charge in [0.25, 0.3) is 0 Å². The summed E-state index contributed by atoms with van der Waals surface area (Å²) in [6, 6.07) is 2.18. The van der Waals surface area contributed by atoms with Gasteiger partial charge in [-0.05, 0) is 35.3 Å². The molecule has 5 nitrogen and oxygen atoms in total. The molecule has 2 rings (SSSR count). The Kier molecular flexibility index (Phi) is 4.71. The molecule has 0 saturated carbocycles. The van der Waals surface area contributed by atoms with Gasteiger partial charge in [-0.15, -0.1) is 0 Å². The second-order valence-electron chi connectivity index (χ2n) is 4.51. The zero-order valence-corrected chi connectivity index (χ0v) is 11.8. The van der Waals surface area contributed by atoms with Crippen LogP contribution >= 0.6 is 15.9 Å². The Bertz CT molecular complexity index is 478. The number of hydrogen-bond donors (Lipinski definition) is 1. The molecule has 1 N–H and O–H groups in total. The van der Waals surface area contributed by atoms with Crippen LogP contribution in [0.1, 0.15) is 12.8 Å². The Labute approximate surface area is 118 Å². The fraction of sp³-hybridized carbons (Fsp3) is 0.500. The first-order valence-corrected chi connectivity index (χ1v) is 6.84. The molecule has 1 fully saturated rings. The van der Waals surface area contributed by atoms with Crippen molar-refractivity contribution >= 4 is 21.6 Å². The van der Waals surface area contributed by atoms with Gasteiger partial charge in [-0.1, -0.05) is 0 Å². The Hall–Kier alpha value is -1.21. The molecule has 1 aliphatic heterocycles. The van der Waals surface area contributed by atoms with Gasteiger partial charge in [-0.2, -0.15) is 0 Å². The Morgan fingerprint density at radius 1 is 1.58 bits per heavy atom. The highest BCUT2D eigenvalue weighted by molar-refractivity contribution is 9.10. The van der Waals surface area contributed by atoms with Gasteiger partial charge in [-0.3, -0.25) is 10.1 Å². The van der Waals surface area contributed by atoms with Gasteiger partial charge in [0.05, 0.1) is 22.1 Å². The highest BCUT2D eigenvalue weighted by Gasteiger charge is 2.21. The van der Waals surface area contributed by atoms with Crippen LogP contribution in [0, 0.1) is 21.8 Å². The van der Waals surface area contributed by atoms with E-state index in [4.69, 9.17) is 4.74 Å². The SMILES string of the molecule is O=[N+]([O-])c1cc(F)c(Br)cc1OCC1CCCNC1. The summed E-state index contributed by atoms with van der Waals surface area (Å²) in [5, 5.41) is 14.1. The molecule has 1 aromatic carbocycles. The summed E-state index contributed by atoms with van der Waals surface area (Å²) in [5.74, 6) is -0.237. The number of halogens is 2. The van der Waals surface area contributed by atoms with Crippen LogP contribution in [-0.2, 0) is 0 Å². The zero-order chi connectivity index (χ0) is 13.8. The predicted molar refractivity (Wildman–Crippen MR) is 71.8 cm³/mol. The highest BCUT2D eigenvalue weighted by atomic mass is 79.9. The number of rotatable bonds is 4. The van der Waals surface area contributed by atoms with E-state index in [1.807, 2.05) is 0 Å². The third-order valence-electron chi connectivity index (χ3n) is 3.07. The first kappa shape index (κ1) is 14.2. The summed E-state index contributed by atoms with van der Waals surface area (Å²) < 4.78 is 19.0. The van der Waals surface area contributed by atoms with Gasteiger partial charge in [-0.25, -0.2) is 4.39 Å². The van der Waals surface area contributed by atoms with Crippen molar-refractivity contribution in [2.24, 2.45) is 5.92 Å². The third kappa shape index (κ3) is 3.63. The van der Waals surface area contributed by atoms with Crippen molar-refractivity contribution in [3.8, 4) is 5.75 Å². The van der Waals surface area contributed by atoms with E-state index >= 15 is 0 Å². The molecule has 0 aromatic heterocycles. The van der Waals surface area contributed by atoms with Crippen LogP contribution in [-0.4, -0.2) is 24.6 Å². The molecular formula is C12H14BrFN2O3. The van der Waals surface area contributed by atoms with Gasteiger partial charge in [0, 0.05) is 18.5 Å². The lowest BCUT2D eigenvalue weighted by molar-refractivity contribution is -0.386. The van der Waals surface area contributed by atoms with Gasteiger partial charge in [0.1, 0.15) is 5.82 Å². The Morgan fingerprint density at radius 2 is 2.37 bits per heavy atom. The maximum absolute atomic E-state index is 13.3. The van der Waals surface area contributed by atoms with Crippen LogP contribution in [0.3, 0.4) is 0 Å². The van der Waals surface area contributed by atoms with E-state index < -0.39 is 10.7 Å². The summed E-state index contributed by atoms with van der Waals surface area (Å²) in [6.07, 6.45) is 2.10. The fourth-order valence-electron chi connectivity index (χ4n) is 2.05. The normalized spacial score (nSPS) is 19.2. The standard InChI is InChI=1S/C12H14BrFN2O3/c13-9-4-12(11(16(17)18)5-10(9)14)19-7-8-2-1-3-15-6-8/h4-5,8,15H,1-3,6-7H2. The van der Waals surface area contributed by atoms with Crippen molar-refractivity contribution in [2.45, 2.75) is 12.8 Å². The lowest BCUT2D eigenvalue weighted by atomic mass is 10.0. The number of benzene rings is 1. The van der Waals surface area contributed by atoms with Crippen LogP contribution in [0.4, 0.5) is 10.1 Å². The summed E-state index contributed by atoms with van der Waals surface area (Å²) in [7, 11) is 0. The molecule has 1 atom stereocenters. The molecule has 7 heteroatoms. The van der Waals surface area contributed by atoms with Crippen molar-refractivity contribution in [1.29, 1.82) is 0 Å². The van der Waals surface area contributed by atoms with E-state index in [1.165, 1.54) is 6.07 Å². The van der Waals surface area contributed by atoms with E-state index in [0.717, 1.165) is 32.0 Å². The van der Waals surface area contributed by atoms with Crippen molar-refractivity contribution in [3.63, 3.8) is 0 Å². The smallest absolute Gasteiger partial charge is 0.313 e. The predicted octanol–water partition coefficient (Wildman–Crippen LogP) is 2.87. The third-order valence-corrected chi connectivity index (χ3v) is 3.68. The zero-order valence-electron chi connectivity index (χ0n) is 10.2. The molecule has 1 heterocycles. The van der Waals surface area contributed by atoms with Crippen LogP contribution in [0.2, 0.25) is 0 Å². The molecule has 19 heavy (non-hydrogen) atoms. The Morgan fingerprint density at radius 3 is 3.00 bits per heavy atom. The number of nitro groups is 1. The molecule has 1 aromatic rings. The van der Waals surface area contributed by atoms with Crippen LogP contribution < -0.4 is 10.1 Å². The summed E-state index contributed by atoms with van der Waals surface area (Å²) in [6.45, 7) is 2.24. The molecule has 1 unspecified atom stereocenters. The largest absolute Gasteiger partial charge is 0.486 e. The molecular weight excluding hydrogens is 319 g/mol. The quantitative estimate of drug-likeness (QED) is 0.680. The average Bonchev–Trinajstić information content (AvgIpc) is 2.40. The molecule has 0 amide bonds. The van der Waals surface area contributed by atoms with Crippen molar-refractivity contribution in [3.05, 3.63) is 32.5 Å². The highest BCUT2D eigenvalue weighted by Crippen LogP contribution is 2.33. The van der Waals surface area contributed by atoms with Crippen LogP contribution in [0.25, 0.3) is 0 Å². The molecule has 1 saturated heterocycles. The molecule has 0 bridgehead atoms. The van der Waals surface area contributed by atoms with Crippen molar-refractivity contribution in [2.75, 3.05) is 19.7 Å². The van der Waals surface area contributed by atoms with Gasteiger partial charge in [0.15, 0.2) is 5.75 Å². The molecule has 0 radical (unpaired) electrons. The maximum atomic E-state index is 13.3. The lowest BCUT2D eigenvalue weighted by Gasteiger charge is -2.22. The fourth-order valence-corrected chi connectivity index (χ4v) is 2.37. The second kappa shape index (κ2) is 6.29. The number of nitrogens with zero attached hydrogens (tertiary/aromatic N) is 1. The van der Waals surface area contributed by atoms with E-state index in [1.54, 1.807) is 0 Å². The van der Waals surface area contributed by atoms with Crippen LogP contribution in [0.5, 0.6) is 5.75 Å².